The van der Waals surface area contributed by atoms with Gasteiger partial charge in [0.05, 0.1) is 0 Å². The highest BCUT2D eigenvalue weighted by molar-refractivity contribution is 6.59. The molecule has 1 aliphatic rings. The molecule has 1 aliphatic heterocycles. The molecule has 0 N–H and O–H groups in total. The summed E-state index contributed by atoms with van der Waals surface area (Å²) in [5.74, 6) is -1.41. The van der Waals surface area contributed by atoms with E-state index >= 15 is 0 Å². The third-order valence-corrected chi connectivity index (χ3v) is 2.17. The highest BCUT2D eigenvalue weighted by atomic mass is 28.5. The van der Waals surface area contributed by atoms with Crippen molar-refractivity contribution < 1.29 is 21.9 Å². The predicted octanol–water partition coefficient (Wildman–Crippen LogP) is 0.522. The number of nitrogens with zero attached hydrogens (tertiary/aromatic N) is 1. The van der Waals surface area contributed by atoms with E-state index in [1.54, 1.807) is 0 Å². The van der Waals surface area contributed by atoms with Crippen molar-refractivity contribution in [1.29, 1.82) is 0 Å². The summed E-state index contributed by atoms with van der Waals surface area (Å²) in [5.41, 5.74) is 0. The number of rotatable bonds is 2. The van der Waals surface area contributed by atoms with Crippen molar-refractivity contribution in [1.82, 2.24) is 4.90 Å². The molecule has 0 bridgehead atoms. The predicted molar refractivity (Wildman–Crippen MR) is 35.0 cm³/mol. The first kappa shape index (κ1) is 9.24. The second-order valence-corrected chi connectivity index (χ2v) is 4.04. The number of likely N-dealkylation sites (tertiary alicyclic amines) is 1. The summed E-state index contributed by atoms with van der Waals surface area (Å²) >= 11 is 0. The van der Waals surface area contributed by atoms with Gasteiger partial charge in [0.25, 0.3) is 0 Å². The SMILES string of the molecule is O=C1CCC(=O)N1C[Si](F)(F)F. The first-order chi connectivity index (χ1) is 5.40. The van der Waals surface area contributed by atoms with E-state index in [1.165, 1.54) is 0 Å². The Morgan fingerprint density at radius 2 is 1.58 bits per heavy atom. The lowest BCUT2D eigenvalue weighted by molar-refractivity contribution is -0.137. The Morgan fingerprint density at radius 1 is 1.17 bits per heavy atom. The first-order valence-electron chi connectivity index (χ1n) is 3.30. The van der Waals surface area contributed by atoms with Crippen LogP contribution in [-0.4, -0.2) is 32.0 Å². The molecule has 3 nitrogen and oxygen atoms in total. The van der Waals surface area contributed by atoms with Crippen molar-refractivity contribution in [2.75, 3.05) is 6.17 Å². The van der Waals surface area contributed by atoms with Gasteiger partial charge in [-0.3, -0.25) is 14.5 Å². The molecule has 0 saturated carbocycles. The summed E-state index contributed by atoms with van der Waals surface area (Å²) in [6.45, 7) is 0. The van der Waals surface area contributed by atoms with Crippen LogP contribution in [-0.2, 0) is 9.59 Å². The second-order valence-electron chi connectivity index (χ2n) is 2.49. The van der Waals surface area contributed by atoms with Crippen LogP contribution >= 0.6 is 0 Å². The smallest absolute Gasteiger partial charge is 0.277 e. The summed E-state index contributed by atoms with van der Waals surface area (Å²) in [6.07, 6.45) is -1.47. The van der Waals surface area contributed by atoms with Gasteiger partial charge in [-0.05, 0) is 0 Å². The molecule has 1 fully saturated rings. The van der Waals surface area contributed by atoms with Gasteiger partial charge in [-0.15, -0.1) is 0 Å². The number of amides is 2. The van der Waals surface area contributed by atoms with Crippen molar-refractivity contribution in [3.05, 3.63) is 0 Å². The number of imide groups is 1. The Hall–Kier alpha value is -0.853. The molecule has 1 saturated heterocycles. The van der Waals surface area contributed by atoms with Crippen LogP contribution in [0.4, 0.5) is 12.3 Å². The van der Waals surface area contributed by atoms with Crippen molar-refractivity contribution in [3.8, 4) is 0 Å². The van der Waals surface area contributed by atoms with Crippen LogP contribution < -0.4 is 0 Å². The molecule has 0 aromatic carbocycles. The van der Waals surface area contributed by atoms with E-state index in [1.807, 2.05) is 0 Å². The first-order valence-corrected chi connectivity index (χ1v) is 5.14. The molecular formula is C5H6F3NO2Si. The van der Waals surface area contributed by atoms with E-state index in [0.29, 0.717) is 4.90 Å². The van der Waals surface area contributed by atoms with Gasteiger partial charge in [-0.1, -0.05) is 0 Å². The average molecular weight is 197 g/mol. The normalized spacial score (nSPS) is 19.1. The topological polar surface area (TPSA) is 37.4 Å². The maximum Gasteiger partial charge on any atom is 0.637 e. The fourth-order valence-corrected chi connectivity index (χ4v) is 1.69. The number of hydrogen-bond donors (Lipinski definition) is 0. The van der Waals surface area contributed by atoms with Gasteiger partial charge in [0.1, 0.15) is 6.17 Å². The lowest BCUT2D eigenvalue weighted by Crippen LogP contribution is -2.41. The van der Waals surface area contributed by atoms with E-state index < -0.39 is 27.1 Å². The van der Waals surface area contributed by atoms with Gasteiger partial charge in [-0.25, -0.2) is 12.3 Å². The number of carbonyl (C=O) groups excluding carboxylic acids is 2. The fourth-order valence-electron chi connectivity index (χ4n) is 0.979. The molecule has 68 valence electrons. The molecule has 1 rings (SSSR count). The van der Waals surface area contributed by atoms with Gasteiger partial charge >= 0.3 is 9.08 Å². The molecule has 1 heterocycles. The highest BCUT2D eigenvalue weighted by Crippen LogP contribution is 2.17. The quantitative estimate of drug-likeness (QED) is 0.367. The summed E-state index contributed by atoms with van der Waals surface area (Å²) in [7, 11) is -5.82. The monoisotopic (exact) mass is 197 g/mol. The Morgan fingerprint density at radius 3 is 1.92 bits per heavy atom. The average Bonchev–Trinajstić information content (AvgIpc) is 2.16. The second kappa shape index (κ2) is 2.89. The molecule has 2 amide bonds. The van der Waals surface area contributed by atoms with E-state index in [9.17, 15) is 21.9 Å². The summed E-state index contributed by atoms with van der Waals surface area (Å²) in [4.78, 5) is 21.7. The van der Waals surface area contributed by atoms with E-state index in [0.717, 1.165) is 0 Å². The lowest BCUT2D eigenvalue weighted by Gasteiger charge is -2.13. The Balaban J connectivity index is 2.62. The van der Waals surface area contributed by atoms with Gasteiger partial charge in [0.2, 0.25) is 11.8 Å². The molecule has 0 unspecified atom stereocenters. The largest absolute Gasteiger partial charge is 0.637 e. The van der Waals surface area contributed by atoms with Crippen molar-refractivity contribution >= 4 is 20.9 Å². The van der Waals surface area contributed by atoms with Crippen LogP contribution in [0.25, 0.3) is 0 Å². The maximum absolute atomic E-state index is 11.8. The van der Waals surface area contributed by atoms with Crippen LogP contribution in [0, 0.1) is 0 Å². The summed E-state index contributed by atoms with van der Waals surface area (Å²) in [5, 5.41) is 0. The minimum Gasteiger partial charge on any atom is -0.277 e. The molecule has 7 heteroatoms. The number of hydrogen-bond acceptors (Lipinski definition) is 2. The molecule has 0 aromatic heterocycles. The zero-order valence-electron chi connectivity index (χ0n) is 6.02. The molecule has 12 heavy (non-hydrogen) atoms. The van der Waals surface area contributed by atoms with E-state index in [2.05, 4.69) is 0 Å². The Bertz CT molecular complexity index is 211. The molecule has 0 aromatic rings. The van der Waals surface area contributed by atoms with Crippen LogP contribution in [0.1, 0.15) is 12.8 Å². The van der Waals surface area contributed by atoms with Crippen molar-refractivity contribution in [3.63, 3.8) is 0 Å². The van der Waals surface area contributed by atoms with Crippen molar-refractivity contribution in [2.45, 2.75) is 12.8 Å². The van der Waals surface area contributed by atoms with Crippen molar-refractivity contribution in [2.24, 2.45) is 0 Å². The van der Waals surface area contributed by atoms with Crippen LogP contribution in [0.5, 0.6) is 0 Å². The van der Waals surface area contributed by atoms with E-state index in [-0.39, 0.29) is 12.8 Å². The van der Waals surface area contributed by atoms with Gasteiger partial charge < -0.3 is 0 Å². The summed E-state index contributed by atoms with van der Waals surface area (Å²) < 4.78 is 35.5. The van der Waals surface area contributed by atoms with E-state index in [4.69, 9.17) is 0 Å². The third kappa shape index (κ3) is 2.06. The number of halogens is 3. The highest BCUT2D eigenvalue weighted by Gasteiger charge is 2.44. The lowest BCUT2D eigenvalue weighted by atomic mass is 10.4. The molecule has 0 spiro atoms. The fraction of sp³-hybridized carbons (Fsp3) is 0.600. The molecular weight excluding hydrogens is 191 g/mol. The molecule has 0 aliphatic carbocycles. The van der Waals surface area contributed by atoms with Crippen LogP contribution in [0.3, 0.4) is 0 Å². The van der Waals surface area contributed by atoms with Gasteiger partial charge in [-0.2, -0.15) is 0 Å². The minimum absolute atomic E-state index is 0.0800. The Labute approximate surface area is 67.7 Å². The van der Waals surface area contributed by atoms with Gasteiger partial charge in [0, 0.05) is 12.8 Å². The minimum atomic E-state index is -5.82. The molecule has 0 radical (unpaired) electrons. The number of carbonyl (C=O) groups is 2. The summed E-state index contributed by atoms with van der Waals surface area (Å²) in [6, 6.07) is 0. The standard InChI is InChI=1S/C5H6F3NO2Si/c6-12(7,8)3-9-4(10)1-2-5(9)11/h1-3H2. The zero-order chi connectivity index (χ0) is 9.35. The van der Waals surface area contributed by atoms with Crippen LogP contribution in [0.15, 0.2) is 0 Å². The van der Waals surface area contributed by atoms with Crippen LogP contribution in [0.2, 0.25) is 0 Å². The zero-order valence-corrected chi connectivity index (χ0v) is 7.02. The Kier molecular flexibility index (Phi) is 2.22. The van der Waals surface area contributed by atoms with Gasteiger partial charge in [0.15, 0.2) is 0 Å². The molecule has 0 atom stereocenters. The maximum atomic E-state index is 11.8. The third-order valence-electron chi connectivity index (χ3n) is 1.49.